The maximum Gasteiger partial charge on any atom is 0.328 e. The van der Waals surface area contributed by atoms with Gasteiger partial charge in [-0.3, -0.25) is 0 Å². The van der Waals surface area contributed by atoms with Crippen LogP contribution in [0.1, 0.15) is 12.8 Å². The summed E-state index contributed by atoms with van der Waals surface area (Å²) in [6, 6.07) is 12.5. The molecule has 26 heavy (non-hydrogen) atoms. The highest BCUT2D eigenvalue weighted by molar-refractivity contribution is 5.81. The van der Waals surface area contributed by atoms with Crippen LogP contribution in [0.3, 0.4) is 0 Å². The van der Waals surface area contributed by atoms with Crippen molar-refractivity contribution in [2.24, 2.45) is 0 Å². The molecular weight excluding hydrogens is 328 g/mol. The van der Waals surface area contributed by atoms with Crippen molar-refractivity contribution in [1.82, 2.24) is 4.98 Å². The minimum Gasteiger partial charge on any atom is -0.478 e. The van der Waals surface area contributed by atoms with Crippen LogP contribution >= 0.6 is 0 Å². The van der Waals surface area contributed by atoms with E-state index in [1.54, 1.807) is 0 Å². The van der Waals surface area contributed by atoms with E-state index >= 15 is 0 Å². The second-order valence-electron chi connectivity index (χ2n) is 6.60. The first-order valence-corrected chi connectivity index (χ1v) is 8.94. The SMILES string of the molecule is O=C(O)C=C1CCN(c2ccc(N3CCNc4ccccc43)nc2)CC1. The Balaban J connectivity index is 1.48. The van der Waals surface area contributed by atoms with Gasteiger partial charge >= 0.3 is 5.97 Å². The molecule has 0 radical (unpaired) electrons. The van der Waals surface area contributed by atoms with E-state index in [9.17, 15) is 4.79 Å². The summed E-state index contributed by atoms with van der Waals surface area (Å²) in [7, 11) is 0. The second kappa shape index (κ2) is 7.07. The van der Waals surface area contributed by atoms with Crippen LogP contribution in [0.25, 0.3) is 0 Å². The third kappa shape index (κ3) is 3.35. The number of fused-ring (bicyclic) bond motifs is 1. The highest BCUT2D eigenvalue weighted by Gasteiger charge is 2.19. The van der Waals surface area contributed by atoms with Gasteiger partial charge in [0.05, 0.1) is 23.3 Å². The van der Waals surface area contributed by atoms with Gasteiger partial charge in [-0.25, -0.2) is 9.78 Å². The predicted molar refractivity (Wildman–Crippen MR) is 103 cm³/mol. The topological polar surface area (TPSA) is 68.7 Å². The summed E-state index contributed by atoms with van der Waals surface area (Å²) < 4.78 is 0. The highest BCUT2D eigenvalue weighted by atomic mass is 16.4. The number of para-hydroxylation sites is 2. The zero-order chi connectivity index (χ0) is 17.9. The zero-order valence-corrected chi connectivity index (χ0v) is 14.6. The predicted octanol–water partition coefficient (Wildman–Crippen LogP) is 3.26. The molecular formula is C20H22N4O2. The fourth-order valence-corrected chi connectivity index (χ4v) is 3.62. The van der Waals surface area contributed by atoms with Crippen LogP contribution in [0.4, 0.5) is 22.9 Å². The van der Waals surface area contributed by atoms with E-state index in [0.717, 1.165) is 67.5 Å². The molecule has 3 heterocycles. The minimum absolute atomic E-state index is 0.791. The first kappa shape index (κ1) is 16.4. The Labute approximate surface area is 152 Å². The molecule has 6 nitrogen and oxygen atoms in total. The molecule has 0 spiro atoms. The Hall–Kier alpha value is -3.02. The maximum atomic E-state index is 10.8. The van der Waals surface area contributed by atoms with Gasteiger partial charge in [-0.05, 0) is 37.1 Å². The first-order valence-electron chi connectivity index (χ1n) is 8.94. The van der Waals surface area contributed by atoms with Gasteiger partial charge in [0.15, 0.2) is 0 Å². The number of piperidine rings is 1. The molecule has 2 aliphatic heterocycles. The standard InChI is InChI=1S/C20H22N4O2/c25-20(26)13-15-7-10-23(11-8-15)16-5-6-19(22-14-16)24-12-9-21-17-3-1-2-4-18(17)24/h1-6,13-14,21H,7-12H2,(H,25,26). The van der Waals surface area contributed by atoms with Crippen molar-refractivity contribution in [3.05, 3.63) is 54.2 Å². The van der Waals surface area contributed by atoms with Crippen molar-refractivity contribution >= 4 is 28.8 Å². The molecule has 1 aromatic carbocycles. The van der Waals surface area contributed by atoms with E-state index in [0.29, 0.717) is 0 Å². The van der Waals surface area contributed by atoms with Crippen LogP contribution in [0, 0.1) is 0 Å². The second-order valence-corrected chi connectivity index (χ2v) is 6.60. The van der Waals surface area contributed by atoms with Gasteiger partial charge in [0.25, 0.3) is 0 Å². The van der Waals surface area contributed by atoms with E-state index in [2.05, 4.69) is 39.4 Å². The largest absolute Gasteiger partial charge is 0.478 e. The molecule has 0 amide bonds. The number of carbonyl (C=O) groups is 1. The Morgan fingerprint density at radius 1 is 1.12 bits per heavy atom. The number of anilines is 4. The number of aromatic nitrogens is 1. The molecule has 1 aromatic heterocycles. The van der Waals surface area contributed by atoms with Gasteiger partial charge in [-0.15, -0.1) is 0 Å². The summed E-state index contributed by atoms with van der Waals surface area (Å²) in [6.07, 6.45) is 4.85. The summed E-state index contributed by atoms with van der Waals surface area (Å²) in [6.45, 7) is 3.44. The van der Waals surface area contributed by atoms with Gasteiger partial charge in [0.2, 0.25) is 0 Å². The number of benzene rings is 1. The molecule has 2 N–H and O–H groups in total. The summed E-state index contributed by atoms with van der Waals surface area (Å²) >= 11 is 0. The first-order chi connectivity index (χ1) is 12.7. The van der Waals surface area contributed by atoms with E-state index in [4.69, 9.17) is 10.1 Å². The smallest absolute Gasteiger partial charge is 0.328 e. The normalized spacial score (nSPS) is 16.7. The molecule has 1 fully saturated rings. The van der Waals surface area contributed by atoms with E-state index in [-0.39, 0.29) is 0 Å². The molecule has 2 aromatic rings. The maximum absolute atomic E-state index is 10.8. The number of pyridine rings is 1. The minimum atomic E-state index is -0.851. The van der Waals surface area contributed by atoms with Crippen molar-refractivity contribution in [3.8, 4) is 0 Å². The molecule has 0 bridgehead atoms. The van der Waals surface area contributed by atoms with Crippen molar-refractivity contribution < 1.29 is 9.90 Å². The lowest BCUT2D eigenvalue weighted by Gasteiger charge is -2.32. The van der Waals surface area contributed by atoms with Crippen molar-refractivity contribution in [3.63, 3.8) is 0 Å². The number of hydrogen-bond acceptors (Lipinski definition) is 5. The van der Waals surface area contributed by atoms with Crippen molar-refractivity contribution in [2.75, 3.05) is 41.3 Å². The van der Waals surface area contributed by atoms with Crippen molar-refractivity contribution in [2.45, 2.75) is 12.8 Å². The number of hydrogen-bond donors (Lipinski definition) is 2. The van der Waals surface area contributed by atoms with Crippen LogP contribution < -0.4 is 15.1 Å². The molecule has 6 heteroatoms. The van der Waals surface area contributed by atoms with Crippen LogP contribution in [-0.4, -0.2) is 42.2 Å². The molecule has 2 aliphatic rings. The average molecular weight is 350 g/mol. The third-order valence-electron chi connectivity index (χ3n) is 4.95. The Bertz CT molecular complexity index is 822. The van der Waals surface area contributed by atoms with Gasteiger partial charge in [0.1, 0.15) is 5.82 Å². The van der Waals surface area contributed by atoms with E-state index in [1.807, 2.05) is 18.3 Å². The highest BCUT2D eigenvalue weighted by Crippen LogP contribution is 2.34. The lowest BCUT2D eigenvalue weighted by molar-refractivity contribution is -0.131. The number of rotatable bonds is 3. The average Bonchev–Trinajstić information content (AvgIpc) is 2.68. The molecule has 134 valence electrons. The monoisotopic (exact) mass is 350 g/mol. The third-order valence-corrected chi connectivity index (χ3v) is 4.95. The summed E-state index contributed by atoms with van der Waals surface area (Å²) in [5.74, 6) is 0.0990. The van der Waals surface area contributed by atoms with Gasteiger partial charge in [-0.1, -0.05) is 17.7 Å². The van der Waals surface area contributed by atoms with Gasteiger partial charge < -0.3 is 20.2 Å². The number of aliphatic carboxylic acids is 1. The molecule has 0 unspecified atom stereocenters. The summed E-state index contributed by atoms with van der Waals surface area (Å²) in [4.78, 5) is 20.0. The van der Waals surface area contributed by atoms with E-state index < -0.39 is 5.97 Å². The number of nitrogens with one attached hydrogen (secondary N) is 1. The van der Waals surface area contributed by atoms with Crippen LogP contribution in [0.5, 0.6) is 0 Å². The summed E-state index contributed by atoms with van der Waals surface area (Å²) in [5, 5.41) is 12.3. The molecule has 0 aliphatic carbocycles. The summed E-state index contributed by atoms with van der Waals surface area (Å²) in [5.41, 5.74) is 4.39. The zero-order valence-electron chi connectivity index (χ0n) is 14.6. The van der Waals surface area contributed by atoms with E-state index in [1.165, 1.54) is 6.08 Å². The molecule has 1 saturated heterocycles. The van der Waals surface area contributed by atoms with Crippen LogP contribution in [0.2, 0.25) is 0 Å². The van der Waals surface area contributed by atoms with Crippen LogP contribution in [0.15, 0.2) is 54.2 Å². The molecule has 4 rings (SSSR count). The Kier molecular flexibility index (Phi) is 4.48. The molecule has 0 saturated carbocycles. The van der Waals surface area contributed by atoms with Crippen molar-refractivity contribution in [1.29, 1.82) is 0 Å². The van der Waals surface area contributed by atoms with Crippen LogP contribution in [-0.2, 0) is 4.79 Å². The van der Waals surface area contributed by atoms with Gasteiger partial charge in [0, 0.05) is 32.3 Å². The lowest BCUT2D eigenvalue weighted by Crippen LogP contribution is -2.32. The van der Waals surface area contributed by atoms with Gasteiger partial charge in [-0.2, -0.15) is 0 Å². The fourth-order valence-electron chi connectivity index (χ4n) is 3.62. The Morgan fingerprint density at radius 2 is 1.92 bits per heavy atom. The quantitative estimate of drug-likeness (QED) is 0.828. The fraction of sp³-hybridized carbons (Fsp3) is 0.300. The number of carboxylic acid groups (broad SMARTS) is 1. The number of nitrogens with zero attached hydrogens (tertiary/aromatic N) is 3. The number of carboxylic acids is 1. The Morgan fingerprint density at radius 3 is 2.65 bits per heavy atom. The molecule has 0 atom stereocenters. The lowest BCUT2D eigenvalue weighted by atomic mass is 10.0.